The summed E-state index contributed by atoms with van der Waals surface area (Å²) in [6.45, 7) is 6.14. The molecule has 1 aromatic carbocycles. The van der Waals surface area contributed by atoms with E-state index in [1.807, 2.05) is 19.1 Å². The van der Waals surface area contributed by atoms with Crippen LogP contribution in [0.15, 0.2) is 28.7 Å². The maximum Gasteiger partial charge on any atom is 0.237 e. The van der Waals surface area contributed by atoms with E-state index in [0.29, 0.717) is 5.92 Å². The molecule has 0 aliphatic carbocycles. The van der Waals surface area contributed by atoms with Crippen LogP contribution in [0.4, 0.5) is 0 Å². The van der Waals surface area contributed by atoms with E-state index in [1.165, 1.54) is 5.56 Å². The van der Waals surface area contributed by atoms with Crippen LogP contribution in [0.25, 0.3) is 0 Å². The molecular weight excluding hydrogens is 304 g/mol. The number of carbonyl (C=O) groups excluding carboxylic acids is 1. The Labute approximate surface area is 124 Å². The summed E-state index contributed by atoms with van der Waals surface area (Å²) in [6, 6.07) is 7.78. The zero-order valence-corrected chi connectivity index (χ0v) is 13.4. The lowest BCUT2D eigenvalue weighted by molar-refractivity contribution is -0.123. The molecule has 3 nitrogen and oxygen atoms in total. The number of hydrogen-bond donors (Lipinski definition) is 2. The van der Waals surface area contributed by atoms with Gasteiger partial charge in [-0.1, -0.05) is 41.9 Å². The van der Waals surface area contributed by atoms with Gasteiger partial charge in [0.1, 0.15) is 0 Å². The van der Waals surface area contributed by atoms with Crippen LogP contribution >= 0.6 is 15.9 Å². The Morgan fingerprint density at radius 3 is 2.63 bits per heavy atom. The van der Waals surface area contributed by atoms with Gasteiger partial charge in [-0.25, -0.2) is 0 Å². The van der Waals surface area contributed by atoms with Crippen molar-refractivity contribution in [1.29, 1.82) is 0 Å². The van der Waals surface area contributed by atoms with Crippen molar-refractivity contribution >= 4 is 21.8 Å². The Balaban J connectivity index is 2.46. The maximum atomic E-state index is 11.9. The van der Waals surface area contributed by atoms with E-state index < -0.39 is 6.04 Å². The third kappa shape index (κ3) is 6.21. The molecule has 1 amide bonds. The van der Waals surface area contributed by atoms with Gasteiger partial charge in [0.25, 0.3) is 0 Å². The highest BCUT2D eigenvalue weighted by Crippen LogP contribution is 2.13. The number of carbonyl (C=O) groups is 1. The van der Waals surface area contributed by atoms with Crippen LogP contribution in [0.3, 0.4) is 0 Å². The SMILES string of the molecule is CC(C)C[C@H](N)C(=O)NC(C)Cc1cccc(Br)c1. The van der Waals surface area contributed by atoms with Crippen LogP contribution in [0.2, 0.25) is 0 Å². The van der Waals surface area contributed by atoms with Crippen LogP contribution < -0.4 is 11.1 Å². The number of halogens is 1. The Morgan fingerprint density at radius 1 is 1.37 bits per heavy atom. The van der Waals surface area contributed by atoms with Gasteiger partial charge in [-0.15, -0.1) is 0 Å². The Morgan fingerprint density at radius 2 is 2.05 bits per heavy atom. The Kier molecular flexibility index (Phi) is 6.52. The first-order valence-electron chi connectivity index (χ1n) is 6.69. The normalized spacial score (nSPS) is 14.2. The average Bonchev–Trinajstić information content (AvgIpc) is 2.27. The second-order valence-electron chi connectivity index (χ2n) is 5.48. The Hall–Kier alpha value is -0.870. The highest BCUT2D eigenvalue weighted by atomic mass is 79.9. The molecule has 0 spiro atoms. The van der Waals surface area contributed by atoms with Crippen molar-refractivity contribution in [2.45, 2.75) is 45.7 Å². The highest BCUT2D eigenvalue weighted by Gasteiger charge is 2.16. The summed E-state index contributed by atoms with van der Waals surface area (Å²) >= 11 is 3.45. The molecule has 0 aliphatic heterocycles. The van der Waals surface area contributed by atoms with Gasteiger partial charge in [0.05, 0.1) is 6.04 Å². The summed E-state index contributed by atoms with van der Waals surface area (Å²) in [6.07, 6.45) is 1.52. The summed E-state index contributed by atoms with van der Waals surface area (Å²) in [5.74, 6) is 0.373. The van der Waals surface area contributed by atoms with Gasteiger partial charge >= 0.3 is 0 Å². The Bertz CT molecular complexity index is 420. The van der Waals surface area contributed by atoms with Crippen LogP contribution in [0, 0.1) is 5.92 Å². The fourth-order valence-electron chi connectivity index (χ4n) is 2.03. The average molecular weight is 327 g/mol. The van der Waals surface area contributed by atoms with Crippen molar-refractivity contribution in [3.05, 3.63) is 34.3 Å². The molecular formula is C15H23BrN2O. The summed E-state index contributed by atoms with van der Waals surface area (Å²) in [4.78, 5) is 11.9. The summed E-state index contributed by atoms with van der Waals surface area (Å²) in [5.41, 5.74) is 7.06. The van der Waals surface area contributed by atoms with Crippen molar-refractivity contribution < 1.29 is 4.79 Å². The number of amides is 1. The zero-order chi connectivity index (χ0) is 14.4. The zero-order valence-electron chi connectivity index (χ0n) is 11.8. The third-order valence-electron chi connectivity index (χ3n) is 2.88. The summed E-state index contributed by atoms with van der Waals surface area (Å²) < 4.78 is 1.06. The fourth-order valence-corrected chi connectivity index (χ4v) is 2.48. The van der Waals surface area contributed by atoms with E-state index >= 15 is 0 Å². The van der Waals surface area contributed by atoms with Crippen molar-refractivity contribution in [2.24, 2.45) is 11.7 Å². The summed E-state index contributed by atoms with van der Waals surface area (Å²) in [7, 11) is 0. The van der Waals surface area contributed by atoms with E-state index in [4.69, 9.17) is 5.73 Å². The molecule has 0 aromatic heterocycles. The minimum Gasteiger partial charge on any atom is -0.352 e. The molecule has 0 aliphatic rings. The van der Waals surface area contributed by atoms with Gasteiger partial charge < -0.3 is 11.1 Å². The monoisotopic (exact) mass is 326 g/mol. The van der Waals surface area contributed by atoms with E-state index in [2.05, 4.69) is 47.2 Å². The third-order valence-corrected chi connectivity index (χ3v) is 3.37. The van der Waals surface area contributed by atoms with Gasteiger partial charge in [0.15, 0.2) is 0 Å². The molecule has 1 rings (SSSR count). The number of nitrogens with one attached hydrogen (secondary N) is 1. The van der Waals surface area contributed by atoms with Crippen LogP contribution in [0.5, 0.6) is 0 Å². The largest absolute Gasteiger partial charge is 0.352 e. The lowest BCUT2D eigenvalue weighted by atomic mass is 10.0. The number of nitrogens with two attached hydrogens (primary N) is 1. The molecule has 0 heterocycles. The van der Waals surface area contributed by atoms with Crippen LogP contribution in [-0.2, 0) is 11.2 Å². The molecule has 0 fully saturated rings. The quantitative estimate of drug-likeness (QED) is 0.844. The predicted octanol–water partition coefficient (Wildman–Crippen LogP) is 2.87. The van der Waals surface area contributed by atoms with E-state index in [0.717, 1.165) is 17.3 Å². The smallest absolute Gasteiger partial charge is 0.237 e. The number of benzene rings is 1. The molecule has 0 radical (unpaired) electrons. The van der Waals surface area contributed by atoms with Crippen LogP contribution in [-0.4, -0.2) is 18.0 Å². The van der Waals surface area contributed by atoms with E-state index in [1.54, 1.807) is 0 Å². The fraction of sp³-hybridized carbons (Fsp3) is 0.533. The highest BCUT2D eigenvalue weighted by molar-refractivity contribution is 9.10. The number of hydrogen-bond acceptors (Lipinski definition) is 2. The van der Waals surface area contributed by atoms with Gasteiger partial charge in [0, 0.05) is 10.5 Å². The lowest BCUT2D eigenvalue weighted by Crippen LogP contribution is -2.45. The first-order chi connectivity index (χ1) is 8.88. The lowest BCUT2D eigenvalue weighted by Gasteiger charge is -2.18. The van der Waals surface area contributed by atoms with Gasteiger partial charge in [-0.3, -0.25) is 4.79 Å². The van der Waals surface area contributed by atoms with Crippen molar-refractivity contribution in [2.75, 3.05) is 0 Å². The van der Waals surface area contributed by atoms with Crippen LogP contribution in [0.1, 0.15) is 32.8 Å². The first kappa shape index (κ1) is 16.2. The summed E-state index contributed by atoms with van der Waals surface area (Å²) in [5, 5.41) is 2.97. The molecule has 19 heavy (non-hydrogen) atoms. The van der Waals surface area contributed by atoms with E-state index in [9.17, 15) is 4.79 Å². The molecule has 1 aromatic rings. The maximum absolute atomic E-state index is 11.9. The minimum atomic E-state index is -0.412. The molecule has 0 saturated carbocycles. The topological polar surface area (TPSA) is 55.1 Å². The number of rotatable bonds is 6. The van der Waals surface area contributed by atoms with Crippen molar-refractivity contribution in [1.82, 2.24) is 5.32 Å². The van der Waals surface area contributed by atoms with E-state index in [-0.39, 0.29) is 11.9 Å². The first-order valence-corrected chi connectivity index (χ1v) is 7.48. The molecule has 0 bridgehead atoms. The molecule has 3 N–H and O–H groups in total. The standard InChI is InChI=1S/C15H23BrN2O/c1-10(2)7-14(17)15(19)18-11(3)8-12-5-4-6-13(16)9-12/h4-6,9-11,14H,7-8,17H2,1-3H3,(H,18,19)/t11?,14-/m0/s1. The predicted molar refractivity (Wildman–Crippen MR) is 82.9 cm³/mol. The molecule has 1 unspecified atom stereocenters. The van der Waals surface area contributed by atoms with Gasteiger partial charge in [0.2, 0.25) is 5.91 Å². The minimum absolute atomic E-state index is 0.0591. The van der Waals surface area contributed by atoms with Crippen molar-refractivity contribution in [3.63, 3.8) is 0 Å². The second-order valence-corrected chi connectivity index (χ2v) is 6.40. The van der Waals surface area contributed by atoms with Crippen molar-refractivity contribution in [3.8, 4) is 0 Å². The van der Waals surface area contributed by atoms with Gasteiger partial charge in [-0.2, -0.15) is 0 Å². The van der Waals surface area contributed by atoms with Gasteiger partial charge in [-0.05, 0) is 43.4 Å². The second kappa shape index (κ2) is 7.65. The molecule has 2 atom stereocenters. The molecule has 4 heteroatoms. The molecule has 0 saturated heterocycles. The molecule has 106 valence electrons.